The SMILES string of the molecule is c1ccc(-c2nnn3c2Cc2ccccc2-3)cc1. The number of para-hydroxylation sites is 1. The average Bonchev–Trinajstić information content (AvgIpc) is 2.98. The molecule has 18 heavy (non-hydrogen) atoms. The molecule has 0 saturated heterocycles. The van der Waals surface area contributed by atoms with Gasteiger partial charge in [-0.2, -0.15) is 0 Å². The van der Waals surface area contributed by atoms with Crippen LogP contribution < -0.4 is 0 Å². The Balaban J connectivity index is 1.91. The standard InChI is InChI=1S/C15H11N3/c1-2-6-11(7-3-1)15-14-10-12-8-4-5-9-13(12)18(14)17-16-15/h1-9H,10H2. The normalized spacial score (nSPS) is 12.2. The number of hydrogen-bond acceptors (Lipinski definition) is 2. The Bertz CT molecular complexity index is 714. The third-order valence-electron chi connectivity index (χ3n) is 3.39. The highest BCUT2D eigenvalue weighted by Crippen LogP contribution is 2.32. The van der Waals surface area contributed by atoms with E-state index in [2.05, 4.69) is 40.6 Å². The second-order valence-electron chi connectivity index (χ2n) is 4.47. The maximum absolute atomic E-state index is 4.32. The molecule has 1 aromatic heterocycles. The fraction of sp³-hybridized carbons (Fsp3) is 0.0667. The molecule has 3 heteroatoms. The van der Waals surface area contributed by atoms with E-state index in [1.165, 1.54) is 11.3 Å². The van der Waals surface area contributed by atoms with E-state index in [4.69, 9.17) is 0 Å². The quantitative estimate of drug-likeness (QED) is 0.506. The molecule has 3 aromatic rings. The van der Waals surface area contributed by atoms with Gasteiger partial charge in [0.05, 0.1) is 11.4 Å². The van der Waals surface area contributed by atoms with E-state index in [9.17, 15) is 0 Å². The van der Waals surface area contributed by atoms with E-state index in [1.807, 2.05) is 28.9 Å². The molecule has 1 aliphatic heterocycles. The maximum Gasteiger partial charge on any atom is 0.117 e. The molecule has 2 aromatic carbocycles. The molecule has 2 heterocycles. The number of benzene rings is 2. The topological polar surface area (TPSA) is 30.7 Å². The minimum atomic E-state index is 0.910. The van der Waals surface area contributed by atoms with E-state index >= 15 is 0 Å². The lowest BCUT2D eigenvalue weighted by Gasteiger charge is -1.97. The van der Waals surface area contributed by atoms with Gasteiger partial charge in [0.25, 0.3) is 0 Å². The minimum Gasteiger partial charge on any atom is -0.216 e. The summed E-state index contributed by atoms with van der Waals surface area (Å²) in [6.45, 7) is 0. The van der Waals surface area contributed by atoms with Gasteiger partial charge in [0.1, 0.15) is 5.69 Å². The summed E-state index contributed by atoms with van der Waals surface area (Å²) < 4.78 is 1.96. The number of aromatic nitrogens is 3. The molecule has 1 aliphatic rings. The molecular formula is C15H11N3. The predicted octanol–water partition coefficient (Wildman–Crippen LogP) is 2.84. The number of nitrogens with zero attached hydrogens (tertiary/aromatic N) is 3. The summed E-state index contributed by atoms with van der Waals surface area (Å²) in [5.41, 5.74) is 5.78. The summed E-state index contributed by atoms with van der Waals surface area (Å²) in [7, 11) is 0. The van der Waals surface area contributed by atoms with Crippen molar-refractivity contribution in [3.05, 3.63) is 65.9 Å². The summed E-state index contributed by atoms with van der Waals surface area (Å²) in [6, 6.07) is 18.6. The van der Waals surface area contributed by atoms with Crippen molar-refractivity contribution in [1.29, 1.82) is 0 Å². The molecule has 0 aliphatic carbocycles. The summed E-state index contributed by atoms with van der Waals surface area (Å²) in [5.74, 6) is 0. The Morgan fingerprint density at radius 2 is 1.67 bits per heavy atom. The van der Waals surface area contributed by atoms with Crippen molar-refractivity contribution in [2.75, 3.05) is 0 Å². The van der Waals surface area contributed by atoms with Gasteiger partial charge >= 0.3 is 0 Å². The highest BCUT2D eigenvalue weighted by molar-refractivity contribution is 5.65. The highest BCUT2D eigenvalue weighted by Gasteiger charge is 2.23. The smallest absolute Gasteiger partial charge is 0.117 e. The molecule has 0 fully saturated rings. The zero-order valence-electron chi connectivity index (χ0n) is 9.74. The van der Waals surface area contributed by atoms with Gasteiger partial charge in [0.2, 0.25) is 0 Å². The molecular weight excluding hydrogens is 222 g/mol. The van der Waals surface area contributed by atoms with Gasteiger partial charge in [0, 0.05) is 12.0 Å². The van der Waals surface area contributed by atoms with Crippen LogP contribution in [0, 0.1) is 0 Å². The molecule has 0 radical (unpaired) electrons. The summed E-state index contributed by atoms with van der Waals surface area (Å²) in [6.07, 6.45) is 0.910. The van der Waals surface area contributed by atoms with Crippen molar-refractivity contribution in [3.8, 4) is 16.9 Å². The maximum atomic E-state index is 4.32. The zero-order chi connectivity index (χ0) is 11.9. The van der Waals surface area contributed by atoms with Crippen LogP contribution in [-0.2, 0) is 6.42 Å². The van der Waals surface area contributed by atoms with Crippen LogP contribution >= 0.6 is 0 Å². The first kappa shape index (κ1) is 9.59. The summed E-state index contributed by atoms with van der Waals surface area (Å²) in [4.78, 5) is 0. The molecule has 0 bridgehead atoms. The van der Waals surface area contributed by atoms with Crippen LogP contribution in [0.25, 0.3) is 16.9 Å². The van der Waals surface area contributed by atoms with Crippen LogP contribution in [0.15, 0.2) is 54.6 Å². The zero-order valence-corrected chi connectivity index (χ0v) is 9.74. The summed E-state index contributed by atoms with van der Waals surface area (Å²) >= 11 is 0. The second-order valence-corrected chi connectivity index (χ2v) is 4.47. The van der Waals surface area contributed by atoms with Gasteiger partial charge in [-0.25, -0.2) is 4.68 Å². The molecule has 3 nitrogen and oxygen atoms in total. The number of rotatable bonds is 1. The Morgan fingerprint density at radius 1 is 0.889 bits per heavy atom. The van der Waals surface area contributed by atoms with Crippen LogP contribution in [0.1, 0.15) is 11.3 Å². The first-order valence-electron chi connectivity index (χ1n) is 6.02. The van der Waals surface area contributed by atoms with Crippen molar-refractivity contribution in [3.63, 3.8) is 0 Å². The van der Waals surface area contributed by atoms with Crippen LogP contribution in [0.4, 0.5) is 0 Å². The lowest BCUT2D eigenvalue weighted by atomic mass is 10.1. The third-order valence-corrected chi connectivity index (χ3v) is 3.39. The largest absolute Gasteiger partial charge is 0.216 e. The van der Waals surface area contributed by atoms with Crippen molar-refractivity contribution >= 4 is 0 Å². The van der Waals surface area contributed by atoms with Crippen molar-refractivity contribution < 1.29 is 0 Å². The van der Waals surface area contributed by atoms with E-state index < -0.39 is 0 Å². The van der Waals surface area contributed by atoms with Crippen LogP contribution in [0.5, 0.6) is 0 Å². The van der Waals surface area contributed by atoms with Crippen molar-refractivity contribution in [2.24, 2.45) is 0 Å². The van der Waals surface area contributed by atoms with E-state index in [1.54, 1.807) is 0 Å². The first-order chi connectivity index (χ1) is 8.93. The fourth-order valence-electron chi connectivity index (χ4n) is 2.52. The van der Waals surface area contributed by atoms with Gasteiger partial charge in [-0.05, 0) is 11.6 Å². The molecule has 0 N–H and O–H groups in total. The lowest BCUT2D eigenvalue weighted by molar-refractivity contribution is 0.801. The van der Waals surface area contributed by atoms with Crippen LogP contribution in [-0.4, -0.2) is 15.0 Å². The molecule has 0 atom stereocenters. The second kappa shape index (κ2) is 3.53. The molecule has 0 unspecified atom stereocenters. The third kappa shape index (κ3) is 1.24. The van der Waals surface area contributed by atoms with Crippen LogP contribution in [0.2, 0.25) is 0 Å². The van der Waals surface area contributed by atoms with Crippen LogP contribution in [0.3, 0.4) is 0 Å². The molecule has 0 amide bonds. The predicted molar refractivity (Wildman–Crippen MR) is 69.6 cm³/mol. The van der Waals surface area contributed by atoms with Gasteiger partial charge in [0.15, 0.2) is 0 Å². The van der Waals surface area contributed by atoms with Gasteiger partial charge in [-0.1, -0.05) is 53.7 Å². The molecule has 4 rings (SSSR count). The Morgan fingerprint density at radius 3 is 2.56 bits per heavy atom. The Hall–Kier alpha value is -2.42. The molecule has 0 saturated carbocycles. The fourth-order valence-corrected chi connectivity index (χ4v) is 2.52. The van der Waals surface area contributed by atoms with E-state index in [-0.39, 0.29) is 0 Å². The van der Waals surface area contributed by atoms with Gasteiger partial charge < -0.3 is 0 Å². The summed E-state index contributed by atoms with van der Waals surface area (Å²) in [5, 5.41) is 8.60. The highest BCUT2D eigenvalue weighted by atomic mass is 15.4. The number of fused-ring (bicyclic) bond motifs is 3. The van der Waals surface area contributed by atoms with Gasteiger partial charge in [-0.15, -0.1) is 5.10 Å². The minimum absolute atomic E-state index is 0.910. The first-order valence-corrected chi connectivity index (χ1v) is 6.02. The van der Waals surface area contributed by atoms with E-state index in [0.717, 1.165) is 23.4 Å². The van der Waals surface area contributed by atoms with E-state index in [0.29, 0.717) is 0 Å². The Labute approximate surface area is 105 Å². The van der Waals surface area contributed by atoms with Crippen molar-refractivity contribution in [2.45, 2.75) is 6.42 Å². The van der Waals surface area contributed by atoms with Gasteiger partial charge in [-0.3, -0.25) is 0 Å². The monoisotopic (exact) mass is 233 g/mol. The molecule has 86 valence electrons. The number of hydrogen-bond donors (Lipinski definition) is 0. The Kier molecular flexibility index (Phi) is 1.88. The molecule has 0 spiro atoms. The average molecular weight is 233 g/mol. The van der Waals surface area contributed by atoms with Crippen molar-refractivity contribution in [1.82, 2.24) is 15.0 Å². The lowest BCUT2D eigenvalue weighted by Crippen LogP contribution is -1.93.